The Balaban J connectivity index is 2.80. The monoisotopic (exact) mass is 176 g/mol. The highest BCUT2D eigenvalue weighted by atomic mass is 16.5. The van der Waals surface area contributed by atoms with Crippen LogP contribution in [0.3, 0.4) is 0 Å². The van der Waals surface area contributed by atoms with Gasteiger partial charge in [-0.05, 0) is 6.07 Å². The number of rotatable bonds is 4. The Morgan fingerprint density at radius 2 is 2.15 bits per heavy atom. The Morgan fingerprint density at radius 1 is 1.38 bits per heavy atom. The zero-order chi connectivity index (χ0) is 9.52. The number of allylic oxidation sites excluding steroid dienone is 1. The SMILES string of the molecule is COc1ccccc1C=CCC=O. The van der Waals surface area contributed by atoms with Crippen LogP contribution in [0.5, 0.6) is 5.75 Å². The number of benzene rings is 1. The van der Waals surface area contributed by atoms with E-state index in [4.69, 9.17) is 4.74 Å². The van der Waals surface area contributed by atoms with E-state index in [1.165, 1.54) is 0 Å². The fourth-order valence-electron chi connectivity index (χ4n) is 1.05. The van der Waals surface area contributed by atoms with Crippen LogP contribution in [-0.4, -0.2) is 13.4 Å². The van der Waals surface area contributed by atoms with Gasteiger partial charge in [0.15, 0.2) is 0 Å². The summed E-state index contributed by atoms with van der Waals surface area (Å²) in [4.78, 5) is 10.1. The topological polar surface area (TPSA) is 26.3 Å². The van der Waals surface area contributed by atoms with Crippen LogP contribution in [0.2, 0.25) is 0 Å². The lowest BCUT2D eigenvalue weighted by Gasteiger charge is -2.02. The van der Waals surface area contributed by atoms with Gasteiger partial charge in [-0.3, -0.25) is 0 Å². The third kappa shape index (κ3) is 2.75. The van der Waals surface area contributed by atoms with Crippen molar-refractivity contribution in [2.75, 3.05) is 7.11 Å². The van der Waals surface area contributed by atoms with Crippen molar-refractivity contribution >= 4 is 12.4 Å². The first-order valence-electron chi connectivity index (χ1n) is 4.11. The summed E-state index contributed by atoms with van der Waals surface area (Å²) in [6.45, 7) is 0. The maximum absolute atomic E-state index is 10.1. The number of carbonyl (C=O) groups is 1. The second kappa shape index (κ2) is 5.14. The van der Waals surface area contributed by atoms with Gasteiger partial charge >= 0.3 is 0 Å². The Labute approximate surface area is 77.8 Å². The van der Waals surface area contributed by atoms with Crippen LogP contribution in [0.4, 0.5) is 0 Å². The van der Waals surface area contributed by atoms with Crippen LogP contribution >= 0.6 is 0 Å². The summed E-state index contributed by atoms with van der Waals surface area (Å²) in [7, 11) is 1.63. The van der Waals surface area contributed by atoms with Crippen molar-refractivity contribution in [2.24, 2.45) is 0 Å². The smallest absolute Gasteiger partial charge is 0.126 e. The number of aldehydes is 1. The molecule has 0 aliphatic carbocycles. The molecule has 1 aromatic rings. The summed E-state index contributed by atoms with van der Waals surface area (Å²) in [5, 5.41) is 0. The molecule has 0 unspecified atom stereocenters. The highest BCUT2D eigenvalue weighted by Crippen LogP contribution is 2.18. The molecule has 0 saturated heterocycles. The van der Waals surface area contributed by atoms with Crippen molar-refractivity contribution in [1.29, 1.82) is 0 Å². The molecular formula is C11H12O2. The van der Waals surface area contributed by atoms with E-state index in [1.54, 1.807) is 7.11 Å². The number of carbonyl (C=O) groups excluding carboxylic acids is 1. The minimum Gasteiger partial charge on any atom is -0.496 e. The van der Waals surface area contributed by atoms with E-state index in [0.717, 1.165) is 17.6 Å². The second-order valence-corrected chi connectivity index (χ2v) is 2.55. The molecule has 0 amide bonds. The summed E-state index contributed by atoms with van der Waals surface area (Å²) in [5.74, 6) is 0.824. The highest BCUT2D eigenvalue weighted by Gasteiger charge is 1.95. The first-order valence-corrected chi connectivity index (χ1v) is 4.11. The number of hydrogen-bond acceptors (Lipinski definition) is 2. The Bertz CT molecular complexity index is 303. The first-order chi connectivity index (χ1) is 6.38. The molecule has 0 aromatic heterocycles. The van der Waals surface area contributed by atoms with Gasteiger partial charge < -0.3 is 9.53 Å². The first kappa shape index (κ1) is 9.52. The zero-order valence-electron chi connectivity index (χ0n) is 7.57. The van der Waals surface area contributed by atoms with Crippen molar-refractivity contribution in [3.05, 3.63) is 35.9 Å². The highest BCUT2D eigenvalue weighted by molar-refractivity contribution is 5.61. The van der Waals surface area contributed by atoms with Gasteiger partial charge in [0.2, 0.25) is 0 Å². The lowest BCUT2D eigenvalue weighted by atomic mass is 10.2. The van der Waals surface area contributed by atoms with Crippen LogP contribution in [0.1, 0.15) is 12.0 Å². The van der Waals surface area contributed by atoms with Crippen LogP contribution in [0, 0.1) is 0 Å². The van der Waals surface area contributed by atoms with Crippen LogP contribution in [0.15, 0.2) is 30.3 Å². The molecule has 1 rings (SSSR count). The van der Waals surface area contributed by atoms with Crippen molar-refractivity contribution in [3.8, 4) is 5.75 Å². The van der Waals surface area contributed by atoms with Gasteiger partial charge in [-0.1, -0.05) is 30.4 Å². The summed E-state index contributed by atoms with van der Waals surface area (Å²) >= 11 is 0. The maximum Gasteiger partial charge on any atom is 0.126 e. The summed E-state index contributed by atoms with van der Waals surface area (Å²) < 4.78 is 5.14. The number of hydrogen-bond donors (Lipinski definition) is 0. The van der Waals surface area contributed by atoms with Gasteiger partial charge in [-0.2, -0.15) is 0 Å². The molecule has 2 heteroatoms. The average molecular weight is 176 g/mol. The van der Waals surface area contributed by atoms with Gasteiger partial charge in [0.05, 0.1) is 7.11 Å². The standard InChI is InChI=1S/C11H12O2/c1-13-11-8-3-2-6-10(11)7-4-5-9-12/h2-4,6-9H,5H2,1H3. The van der Waals surface area contributed by atoms with Gasteiger partial charge in [0, 0.05) is 12.0 Å². The van der Waals surface area contributed by atoms with Gasteiger partial charge in [0.25, 0.3) is 0 Å². The molecule has 0 fully saturated rings. The van der Waals surface area contributed by atoms with Crippen molar-refractivity contribution in [2.45, 2.75) is 6.42 Å². The Kier molecular flexibility index (Phi) is 3.76. The Morgan fingerprint density at radius 3 is 2.85 bits per heavy atom. The zero-order valence-corrected chi connectivity index (χ0v) is 7.57. The molecule has 2 nitrogen and oxygen atoms in total. The van der Waals surface area contributed by atoms with Crippen LogP contribution < -0.4 is 4.74 Å². The van der Waals surface area contributed by atoms with Crippen molar-refractivity contribution in [3.63, 3.8) is 0 Å². The average Bonchev–Trinajstić information content (AvgIpc) is 2.19. The van der Waals surface area contributed by atoms with Crippen LogP contribution in [0.25, 0.3) is 6.08 Å². The second-order valence-electron chi connectivity index (χ2n) is 2.55. The largest absolute Gasteiger partial charge is 0.496 e. The normalized spacial score (nSPS) is 10.2. The van der Waals surface area contributed by atoms with E-state index in [1.807, 2.05) is 36.4 Å². The predicted molar refractivity (Wildman–Crippen MR) is 52.7 cm³/mol. The molecule has 0 aliphatic rings. The minimum absolute atomic E-state index is 0.443. The number of ether oxygens (including phenoxy) is 1. The number of methoxy groups -OCH3 is 1. The molecule has 0 aliphatic heterocycles. The lowest BCUT2D eigenvalue weighted by molar-refractivity contribution is -0.107. The maximum atomic E-state index is 10.1. The van der Waals surface area contributed by atoms with E-state index >= 15 is 0 Å². The summed E-state index contributed by atoms with van der Waals surface area (Å²) in [6, 6.07) is 7.68. The summed E-state index contributed by atoms with van der Waals surface area (Å²) in [5.41, 5.74) is 0.992. The molecule has 68 valence electrons. The van der Waals surface area contributed by atoms with Crippen LogP contribution in [-0.2, 0) is 4.79 Å². The molecular weight excluding hydrogens is 164 g/mol. The molecule has 0 saturated carbocycles. The molecule has 0 atom stereocenters. The van der Waals surface area contributed by atoms with E-state index < -0.39 is 0 Å². The van der Waals surface area contributed by atoms with Gasteiger partial charge in [-0.15, -0.1) is 0 Å². The molecule has 1 aromatic carbocycles. The van der Waals surface area contributed by atoms with E-state index in [2.05, 4.69) is 0 Å². The summed E-state index contributed by atoms with van der Waals surface area (Å²) in [6.07, 6.45) is 5.00. The molecule has 0 heterocycles. The molecule has 0 N–H and O–H groups in total. The fraction of sp³-hybridized carbons (Fsp3) is 0.182. The molecule has 0 spiro atoms. The van der Waals surface area contributed by atoms with Crippen molar-refractivity contribution in [1.82, 2.24) is 0 Å². The van der Waals surface area contributed by atoms with E-state index in [-0.39, 0.29) is 0 Å². The third-order valence-corrected chi connectivity index (χ3v) is 1.67. The number of para-hydroxylation sites is 1. The molecule has 0 radical (unpaired) electrons. The fourth-order valence-corrected chi connectivity index (χ4v) is 1.05. The quantitative estimate of drug-likeness (QED) is 0.658. The van der Waals surface area contributed by atoms with Gasteiger partial charge in [-0.25, -0.2) is 0 Å². The van der Waals surface area contributed by atoms with Gasteiger partial charge in [0.1, 0.15) is 12.0 Å². The van der Waals surface area contributed by atoms with Crippen molar-refractivity contribution < 1.29 is 9.53 Å². The minimum atomic E-state index is 0.443. The third-order valence-electron chi connectivity index (χ3n) is 1.67. The Hall–Kier alpha value is -1.57. The lowest BCUT2D eigenvalue weighted by Crippen LogP contribution is -1.85. The molecule has 0 bridgehead atoms. The molecule has 13 heavy (non-hydrogen) atoms. The van der Waals surface area contributed by atoms with E-state index in [9.17, 15) is 4.79 Å². The van der Waals surface area contributed by atoms with E-state index in [0.29, 0.717) is 6.42 Å². The predicted octanol–water partition coefficient (Wildman–Crippen LogP) is 2.30.